The first-order chi connectivity index (χ1) is 9.93. The van der Waals surface area contributed by atoms with Crippen LogP contribution in [0.25, 0.3) is 0 Å². The smallest absolute Gasteiger partial charge is 0.254 e. The van der Waals surface area contributed by atoms with Gasteiger partial charge < -0.3 is 10.1 Å². The molecule has 0 atom stereocenters. The number of sulfonamides is 1. The van der Waals surface area contributed by atoms with E-state index in [4.69, 9.17) is 4.74 Å². The van der Waals surface area contributed by atoms with Crippen LogP contribution in [0.5, 0.6) is 0 Å². The van der Waals surface area contributed by atoms with Gasteiger partial charge in [-0.25, -0.2) is 13.4 Å². The maximum atomic E-state index is 12.5. The van der Waals surface area contributed by atoms with Gasteiger partial charge in [-0.15, -0.1) is 0 Å². The maximum Gasteiger partial charge on any atom is 0.254 e. The number of hydrogen-bond donors (Lipinski definition) is 1. The number of amides is 1. The van der Waals surface area contributed by atoms with Crippen molar-refractivity contribution >= 4 is 32.4 Å². The molecule has 118 valence electrons. The first-order valence-electron chi connectivity index (χ1n) is 6.66. The Morgan fingerprint density at radius 2 is 2.19 bits per heavy atom. The molecule has 1 N–H and O–H groups in total. The van der Waals surface area contributed by atoms with E-state index in [0.717, 1.165) is 24.2 Å². The van der Waals surface area contributed by atoms with Crippen molar-refractivity contribution in [2.75, 3.05) is 32.1 Å². The van der Waals surface area contributed by atoms with Crippen LogP contribution in [0, 0.1) is 5.92 Å². The summed E-state index contributed by atoms with van der Waals surface area (Å²) in [4.78, 5) is 14.9. The van der Waals surface area contributed by atoms with Gasteiger partial charge in [0.1, 0.15) is 0 Å². The lowest BCUT2D eigenvalue weighted by Crippen LogP contribution is -2.39. The van der Waals surface area contributed by atoms with Gasteiger partial charge in [0, 0.05) is 33.7 Å². The van der Waals surface area contributed by atoms with E-state index in [0.29, 0.717) is 30.7 Å². The maximum absolute atomic E-state index is 12.5. The van der Waals surface area contributed by atoms with Crippen molar-refractivity contribution in [3.05, 3.63) is 6.20 Å². The number of carbonyl (C=O) groups is 1. The third-order valence-electron chi connectivity index (χ3n) is 3.34. The number of thiazole rings is 1. The SMILES string of the molecule is COCC1CCN(S(=O)(=O)c2cnc(NC(C)=O)s2)CC1. The van der Waals surface area contributed by atoms with E-state index in [1.165, 1.54) is 17.4 Å². The van der Waals surface area contributed by atoms with Crippen LogP contribution in [0.3, 0.4) is 0 Å². The lowest BCUT2D eigenvalue weighted by Gasteiger charge is -2.30. The lowest BCUT2D eigenvalue weighted by atomic mass is 9.99. The number of rotatable bonds is 5. The average molecular weight is 333 g/mol. The van der Waals surface area contributed by atoms with Crippen LogP contribution in [0.15, 0.2) is 10.4 Å². The predicted octanol–water partition coefficient (Wildman–Crippen LogP) is 1.15. The molecule has 21 heavy (non-hydrogen) atoms. The minimum absolute atomic E-state index is 0.163. The van der Waals surface area contributed by atoms with E-state index in [-0.39, 0.29) is 10.1 Å². The van der Waals surface area contributed by atoms with Gasteiger partial charge in [0.25, 0.3) is 10.0 Å². The number of methoxy groups -OCH3 is 1. The summed E-state index contributed by atoms with van der Waals surface area (Å²) >= 11 is 0.975. The van der Waals surface area contributed by atoms with Crippen LogP contribution in [-0.4, -0.2) is 50.4 Å². The van der Waals surface area contributed by atoms with Crippen LogP contribution in [0.1, 0.15) is 19.8 Å². The highest BCUT2D eigenvalue weighted by molar-refractivity contribution is 7.91. The Kier molecular flexibility index (Phi) is 5.31. The number of carbonyl (C=O) groups excluding carboxylic acids is 1. The van der Waals surface area contributed by atoms with Crippen LogP contribution in [-0.2, 0) is 19.6 Å². The number of nitrogens with one attached hydrogen (secondary N) is 1. The second-order valence-corrected chi connectivity index (χ2v) is 8.16. The molecule has 7 nitrogen and oxygen atoms in total. The fourth-order valence-corrected chi connectivity index (χ4v) is 4.97. The summed E-state index contributed by atoms with van der Waals surface area (Å²) < 4.78 is 31.8. The van der Waals surface area contributed by atoms with E-state index in [9.17, 15) is 13.2 Å². The molecule has 1 amide bonds. The Labute approximate surface area is 128 Å². The van der Waals surface area contributed by atoms with E-state index in [1.54, 1.807) is 7.11 Å². The molecule has 1 saturated heterocycles. The minimum Gasteiger partial charge on any atom is -0.384 e. The number of nitrogens with zero attached hydrogens (tertiary/aromatic N) is 2. The molecule has 2 heterocycles. The fraction of sp³-hybridized carbons (Fsp3) is 0.667. The molecular formula is C12H19N3O4S2. The number of aromatic nitrogens is 1. The molecule has 0 aliphatic carbocycles. The highest BCUT2D eigenvalue weighted by Gasteiger charge is 2.30. The van der Waals surface area contributed by atoms with Gasteiger partial charge in [-0.3, -0.25) is 4.79 Å². The number of hydrogen-bond acceptors (Lipinski definition) is 6. The van der Waals surface area contributed by atoms with E-state index in [1.807, 2.05) is 0 Å². The topological polar surface area (TPSA) is 88.6 Å². The van der Waals surface area contributed by atoms with Gasteiger partial charge in [0.2, 0.25) is 5.91 Å². The molecule has 2 rings (SSSR count). The van der Waals surface area contributed by atoms with Gasteiger partial charge in [0.15, 0.2) is 9.34 Å². The molecule has 0 aromatic carbocycles. The second kappa shape index (κ2) is 6.82. The Morgan fingerprint density at radius 3 is 2.76 bits per heavy atom. The van der Waals surface area contributed by atoms with Gasteiger partial charge in [-0.1, -0.05) is 11.3 Å². The van der Waals surface area contributed by atoms with Crippen LogP contribution >= 0.6 is 11.3 Å². The summed E-state index contributed by atoms with van der Waals surface area (Å²) in [5.41, 5.74) is 0. The van der Waals surface area contributed by atoms with Crippen molar-refractivity contribution in [1.29, 1.82) is 0 Å². The molecular weight excluding hydrogens is 314 g/mol. The summed E-state index contributed by atoms with van der Waals surface area (Å²) in [7, 11) is -1.86. The van der Waals surface area contributed by atoms with E-state index < -0.39 is 10.0 Å². The number of anilines is 1. The predicted molar refractivity (Wildman–Crippen MR) is 79.8 cm³/mol. The van der Waals surface area contributed by atoms with Crippen LogP contribution in [0.4, 0.5) is 5.13 Å². The fourth-order valence-electron chi connectivity index (χ4n) is 2.27. The standard InChI is InChI=1S/C12H19N3O4S2/c1-9(16)14-12-13-7-11(20-12)21(17,18)15-5-3-10(4-6-15)8-19-2/h7,10H,3-6,8H2,1-2H3,(H,13,14,16). The number of piperidine rings is 1. The molecule has 0 spiro atoms. The molecule has 0 saturated carbocycles. The third kappa shape index (κ3) is 4.00. The van der Waals surface area contributed by atoms with Crippen LogP contribution in [0.2, 0.25) is 0 Å². The zero-order valence-electron chi connectivity index (χ0n) is 12.0. The zero-order chi connectivity index (χ0) is 15.5. The molecule has 0 radical (unpaired) electrons. The molecule has 0 bridgehead atoms. The van der Waals surface area contributed by atoms with Crippen molar-refractivity contribution in [2.45, 2.75) is 24.0 Å². The van der Waals surface area contributed by atoms with Crippen molar-refractivity contribution in [3.8, 4) is 0 Å². The second-order valence-electron chi connectivity index (χ2n) is 4.97. The summed E-state index contributed by atoms with van der Waals surface area (Å²) in [6, 6.07) is 0. The highest BCUT2D eigenvalue weighted by Crippen LogP contribution is 2.29. The van der Waals surface area contributed by atoms with Crippen molar-refractivity contribution < 1.29 is 17.9 Å². The molecule has 1 aliphatic rings. The first kappa shape index (κ1) is 16.3. The van der Waals surface area contributed by atoms with E-state index >= 15 is 0 Å². The molecule has 1 fully saturated rings. The third-order valence-corrected chi connectivity index (χ3v) is 6.59. The summed E-state index contributed by atoms with van der Waals surface area (Å²) in [6.07, 6.45) is 2.89. The van der Waals surface area contributed by atoms with Gasteiger partial charge in [-0.2, -0.15) is 4.31 Å². The average Bonchev–Trinajstić information content (AvgIpc) is 2.88. The van der Waals surface area contributed by atoms with Gasteiger partial charge >= 0.3 is 0 Å². The minimum atomic E-state index is -3.52. The van der Waals surface area contributed by atoms with Crippen molar-refractivity contribution in [2.24, 2.45) is 5.92 Å². The lowest BCUT2D eigenvalue weighted by molar-refractivity contribution is -0.114. The van der Waals surface area contributed by atoms with Crippen molar-refractivity contribution in [3.63, 3.8) is 0 Å². The monoisotopic (exact) mass is 333 g/mol. The van der Waals surface area contributed by atoms with Gasteiger partial charge in [-0.05, 0) is 18.8 Å². The van der Waals surface area contributed by atoms with Crippen molar-refractivity contribution in [1.82, 2.24) is 9.29 Å². The Bertz CT molecular complexity index is 591. The van der Waals surface area contributed by atoms with Gasteiger partial charge in [0.05, 0.1) is 6.20 Å². The number of ether oxygens (including phenoxy) is 1. The van der Waals surface area contributed by atoms with Crippen LogP contribution < -0.4 is 5.32 Å². The summed E-state index contributed by atoms with van der Waals surface area (Å²) in [6.45, 7) is 3.00. The molecule has 1 aromatic rings. The normalized spacial score (nSPS) is 17.8. The Morgan fingerprint density at radius 1 is 1.52 bits per heavy atom. The largest absolute Gasteiger partial charge is 0.384 e. The molecule has 9 heteroatoms. The molecule has 1 aromatic heterocycles. The van der Waals surface area contributed by atoms with E-state index in [2.05, 4.69) is 10.3 Å². The Balaban J connectivity index is 2.05. The molecule has 1 aliphatic heterocycles. The quantitative estimate of drug-likeness (QED) is 0.873. The highest BCUT2D eigenvalue weighted by atomic mass is 32.2. The zero-order valence-corrected chi connectivity index (χ0v) is 13.7. The Hall–Kier alpha value is -1.03. The summed E-state index contributed by atoms with van der Waals surface area (Å²) in [5.74, 6) is 0.145. The summed E-state index contributed by atoms with van der Waals surface area (Å²) in [5, 5.41) is 2.79. The first-order valence-corrected chi connectivity index (χ1v) is 8.91. The molecule has 0 unspecified atom stereocenters.